The molecule has 19 heavy (non-hydrogen) atoms. The third-order valence-electron chi connectivity index (χ3n) is 4.86. The number of benzene rings is 1. The van der Waals surface area contributed by atoms with Gasteiger partial charge in [-0.05, 0) is 43.7 Å². The van der Waals surface area contributed by atoms with Crippen molar-refractivity contribution < 1.29 is 0 Å². The van der Waals surface area contributed by atoms with E-state index in [0.717, 1.165) is 12.3 Å². The van der Waals surface area contributed by atoms with Crippen LogP contribution in [0.5, 0.6) is 0 Å². The van der Waals surface area contributed by atoms with E-state index in [0.29, 0.717) is 11.3 Å². The van der Waals surface area contributed by atoms with Crippen molar-refractivity contribution in [2.45, 2.75) is 31.1 Å². The van der Waals surface area contributed by atoms with Crippen LogP contribution in [0.3, 0.4) is 0 Å². The Morgan fingerprint density at radius 2 is 2.16 bits per heavy atom. The van der Waals surface area contributed by atoms with Gasteiger partial charge >= 0.3 is 0 Å². The fourth-order valence-corrected chi connectivity index (χ4v) is 4.15. The van der Waals surface area contributed by atoms with Crippen LogP contribution in [0.15, 0.2) is 36.5 Å². The van der Waals surface area contributed by atoms with Crippen LogP contribution in [0.25, 0.3) is 5.69 Å². The zero-order valence-corrected chi connectivity index (χ0v) is 11.6. The monoisotopic (exact) mass is 272 g/mol. The molecule has 2 unspecified atom stereocenters. The molecule has 2 atom stereocenters. The third kappa shape index (κ3) is 1.59. The van der Waals surface area contributed by atoms with Crippen molar-refractivity contribution in [1.82, 2.24) is 9.78 Å². The van der Waals surface area contributed by atoms with Crippen molar-refractivity contribution in [3.05, 3.63) is 47.8 Å². The predicted molar refractivity (Wildman–Crippen MR) is 77.0 cm³/mol. The van der Waals surface area contributed by atoms with Gasteiger partial charge in [0.05, 0.1) is 11.9 Å². The van der Waals surface area contributed by atoms with Crippen LogP contribution in [-0.4, -0.2) is 15.7 Å². The van der Waals surface area contributed by atoms with Gasteiger partial charge in [0.15, 0.2) is 0 Å². The largest absolute Gasteiger partial charge is 0.238 e. The van der Waals surface area contributed by atoms with Crippen molar-refractivity contribution in [2.24, 2.45) is 5.92 Å². The van der Waals surface area contributed by atoms with Crippen molar-refractivity contribution in [1.29, 1.82) is 0 Å². The molecule has 0 amide bonds. The first-order valence-corrected chi connectivity index (χ1v) is 7.57. The van der Waals surface area contributed by atoms with Gasteiger partial charge in [-0.1, -0.05) is 18.2 Å². The van der Waals surface area contributed by atoms with Gasteiger partial charge in [-0.3, -0.25) is 0 Å². The van der Waals surface area contributed by atoms with Gasteiger partial charge < -0.3 is 0 Å². The average Bonchev–Trinajstić information content (AvgIpc) is 2.97. The van der Waals surface area contributed by atoms with Crippen LogP contribution in [0.4, 0.5) is 0 Å². The summed E-state index contributed by atoms with van der Waals surface area (Å²) in [7, 11) is 0. The van der Waals surface area contributed by atoms with E-state index in [9.17, 15) is 0 Å². The summed E-state index contributed by atoms with van der Waals surface area (Å²) < 4.78 is 2.12. The normalized spacial score (nSPS) is 28.4. The zero-order valence-electron chi connectivity index (χ0n) is 10.8. The Balaban J connectivity index is 1.80. The Morgan fingerprint density at radius 1 is 1.32 bits per heavy atom. The Bertz CT molecular complexity index is 604. The molecule has 1 fully saturated rings. The molecule has 2 aromatic rings. The maximum absolute atomic E-state index is 6.08. The average molecular weight is 273 g/mol. The van der Waals surface area contributed by atoms with Crippen LogP contribution in [0, 0.1) is 5.92 Å². The van der Waals surface area contributed by atoms with Gasteiger partial charge in [-0.2, -0.15) is 5.10 Å². The quantitative estimate of drug-likeness (QED) is 0.762. The molecule has 2 nitrogen and oxygen atoms in total. The Morgan fingerprint density at radius 3 is 2.89 bits per heavy atom. The van der Waals surface area contributed by atoms with Gasteiger partial charge in [0.1, 0.15) is 0 Å². The molecule has 4 rings (SSSR count). The lowest BCUT2D eigenvalue weighted by molar-refractivity contribution is 0.502. The van der Waals surface area contributed by atoms with Crippen LogP contribution >= 0.6 is 11.6 Å². The highest BCUT2D eigenvalue weighted by molar-refractivity contribution is 6.18. The van der Waals surface area contributed by atoms with E-state index >= 15 is 0 Å². The molecule has 1 spiro atoms. The number of hydrogen-bond donors (Lipinski definition) is 0. The maximum atomic E-state index is 6.08. The van der Waals surface area contributed by atoms with Crippen LogP contribution < -0.4 is 0 Å². The van der Waals surface area contributed by atoms with Gasteiger partial charge in [0, 0.05) is 22.6 Å². The first-order chi connectivity index (χ1) is 9.35. The number of alkyl halides is 1. The third-order valence-corrected chi connectivity index (χ3v) is 5.23. The highest BCUT2D eigenvalue weighted by Crippen LogP contribution is 2.60. The fourth-order valence-electron chi connectivity index (χ4n) is 3.75. The van der Waals surface area contributed by atoms with E-state index in [-0.39, 0.29) is 0 Å². The second-order valence-electron chi connectivity index (χ2n) is 5.82. The summed E-state index contributed by atoms with van der Waals surface area (Å²) in [5.41, 5.74) is 4.41. The standard InChI is InChI=1S/C16H17ClN2/c17-10-12-9-16(12)8-4-7-15-14(16)11-18-19(15)13-5-2-1-3-6-13/h1-3,5-6,11-12H,4,7-10H2. The predicted octanol–water partition coefficient (Wildman–Crippen LogP) is 3.71. The molecule has 0 aliphatic heterocycles. The summed E-state index contributed by atoms with van der Waals surface area (Å²) in [5, 5.41) is 4.65. The van der Waals surface area contributed by atoms with Crippen molar-refractivity contribution in [3.63, 3.8) is 0 Å². The molecule has 1 saturated carbocycles. The molecule has 0 bridgehead atoms. The van der Waals surface area contributed by atoms with Crippen molar-refractivity contribution in [3.8, 4) is 5.69 Å². The van der Waals surface area contributed by atoms with E-state index in [4.69, 9.17) is 11.6 Å². The first-order valence-electron chi connectivity index (χ1n) is 7.04. The SMILES string of the molecule is ClCC1CC12CCCc1c2cnn1-c1ccccc1. The number of nitrogens with zero attached hydrogens (tertiary/aromatic N) is 2. The van der Waals surface area contributed by atoms with Crippen molar-refractivity contribution >= 4 is 11.6 Å². The van der Waals surface area contributed by atoms with E-state index in [1.54, 1.807) is 0 Å². The summed E-state index contributed by atoms with van der Waals surface area (Å²) in [6.45, 7) is 0. The molecule has 1 heterocycles. The number of fused-ring (bicyclic) bond motifs is 2. The second kappa shape index (κ2) is 4.11. The van der Waals surface area contributed by atoms with E-state index in [1.165, 1.54) is 36.2 Å². The highest BCUT2D eigenvalue weighted by atomic mass is 35.5. The summed E-state index contributed by atoms with van der Waals surface area (Å²) in [6.07, 6.45) is 7.04. The van der Waals surface area contributed by atoms with Gasteiger partial charge in [-0.25, -0.2) is 4.68 Å². The fraction of sp³-hybridized carbons (Fsp3) is 0.438. The topological polar surface area (TPSA) is 17.8 Å². The minimum absolute atomic E-state index is 0.363. The van der Waals surface area contributed by atoms with Crippen molar-refractivity contribution in [2.75, 3.05) is 5.88 Å². The lowest BCUT2D eigenvalue weighted by Crippen LogP contribution is -2.19. The summed E-state index contributed by atoms with van der Waals surface area (Å²) in [4.78, 5) is 0. The Kier molecular flexibility index (Phi) is 2.49. The zero-order chi connectivity index (χ0) is 12.9. The molecular formula is C16H17ClN2. The van der Waals surface area contributed by atoms with Crippen LogP contribution in [-0.2, 0) is 11.8 Å². The number of hydrogen-bond acceptors (Lipinski definition) is 1. The number of para-hydroxylation sites is 1. The Labute approximate surface area is 118 Å². The lowest BCUT2D eigenvalue weighted by atomic mass is 9.82. The summed E-state index contributed by atoms with van der Waals surface area (Å²) >= 11 is 6.08. The molecule has 2 aliphatic carbocycles. The van der Waals surface area contributed by atoms with E-state index in [1.807, 2.05) is 6.07 Å². The molecule has 2 aliphatic rings. The molecule has 0 saturated heterocycles. The molecule has 98 valence electrons. The smallest absolute Gasteiger partial charge is 0.0648 e. The summed E-state index contributed by atoms with van der Waals surface area (Å²) in [5.74, 6) is 1.46. The number of rotatable bonds is 2. The minimum atomic E-state index is 0.363. The molecular weight excluding hydrogens is 256 g/mol. The molecule has 1 aromatic heterocycles. The van der Waals surface area contributed by atoms with Gasteiger partial charge in [0.2, 0.25) is 0 Å². The lowest BCUT2D eigenvalue weighted by Gasteiger charge is -2.24. The van der Waals surface area contributed by atoms with Gasteiger partial charge in [0.25, 0.3) is 0 Å². The Hall–Kier alpha value is -1.28. The summed E-state index contributed by atoms with van der Waals surface area (Å²) in [6, 6.07) is 10.4. The number of aromatic nitrogens is 2. The molecule has 0 N–H and O–H groups in total. The van der Waals surface area contributed by atoms with Gasteiger partial charge in [-0.15, -0.1) is 11.6 Å². The maximum Gasteiger partial charge on any atom is 0.0648 e. The van der Waals surface area contributed by atoms with E-state index < -0.39 is 0 Å². The van der Waals surface area contributed by atoms with E-state index in [2.05, 4.69) is 40.2 Å². The minimum Gasteiger partial charge on any atom is -0.238 e. The molecule has 3 heteroatoms. The first kappa shape index (κ1) is 11.5. The highest BCUT2D eigenvalue weighted by Gasteiger charge is 2.56. The van der Waals surface area contributed by atoms with Crippen LogP contribution in [0.1, 0.15) is 30.5 Å². The molecule has 0 radical (unpaired) electrons. The van der Waals surface area contributed by atoms with Crippen LogP contribution in [0.2, 0.25) is 0 Å². The number of halogens is 1. The molecule has 1 aromatic carbocycles. The second-order valence-corrected chi connectivity index (χ2v) is 6.13.